The number of hydrogen-bond acceptors (Lipinski definition) is 4. The summed E-state index contributed by atoms with van der Waals surface area (Å²) >= 11 is 0. The standard InChI is InChI=1S/C7H13N3O4/c1-2-14-10(4-11)5(7(9)13)3-6(8)12/h4-5H,2-3H2,1H3,(H2,8,12)(H2,9,13). The number of nitrogens with two attached hydrogens (primary N) is 2. The monoisotopic (exact) mass is 203 g/mol. The van der Waals surface area contributed by atoms with E-state index in [0.29, 0.717) is 5.06 Å². The van der Waals surface area contributed by atoms with Crippen LogP contribution in [0, 0.1) is 0 Å². The molecule has 0 aliphatic rings. The van der Waals surface area contributed by atoms with E-state index in [1.807, 2.05) is 0 Å². The zero-order chi connectivity index (χ0) is 11.1. The number of nitrogens with zero attached hydrogens (tertiary/aromatic N) is 1. The van der Waals surface area contributed by atoms with Crippen molar-refractivity contribution in [3.8, 4) is 0 Å². The molecule has 7 nitrogen and oxygen atoms in total. The molecule has 7 heteroatoms. The summed E-state index contributed by atoms with van der Waals surface area (Å²) in [4.78, 5) is 36.6. The first-order valence-electron chi connectivity index (χ1n) is 3.97. The highest BCUT2D eigenvalue weighted by atomic mass is 16.7. The van der Waals surface area contributed by atoms with Crippen LogP contribution in [0.2, 0.25) is 0 Å². The minimum absolute atomic E-state index is 0.182. The molecular formula is C7H13N3O4. The van der Waals surface area contributed by atoms with E-state index in [2.05, 4.69) is 0 Å². The van der Waals surface area contributed by atoms with Crippen LogP contribution in [0.4, 0.5) is 0 Å². The molecule has 1 atom stereocenters. The third-order valence-electron chi connectivity index (χ3n) is 1.41. The molecule has 0 rings (SSSR count). The third kappa shape index (κ3) is 3.85. The van der Waals surface area contributed by atoms with Gasteiger partial charge in [-0.25, -0.2) is 5.06 Å². The Kier molecular flexibility index (Phi) is 5.23. The first-order chi connectivity index (χ1) is 6.52. The molecule has 0 bridgehead atoms. The van der Waals surface area contributed by atoms with Crippen molar-refractivity contribution < 1.29 is 19.2 Å². The van der Waals surface area contributed by atoms with Gasteiger partial charge in [-0.15, -0.1) is 0 Å². The van der Waals surface area contributed by atoms with Crippen molar-refractivity contribution in [1.29, 1.82) is 0 Å². The number of hydroxylamine groups is 2. The van der Waals surface area contributed by atoms with Gasteiger partial charge in [0.15, 0.2) is 0 Å². The fourth-order valence-corrected chi connectivity index (χ4v) is 0.849. The van der Waals surface area contributed by atoms with Gasteiger partial charge < -0.3 is 11.5 Å². The number of amides is 3. The van der Waals surface area contributed by atoms with Crippen molar-refractivity contribution in [1.82, 2.24) is 5.06 Å². The lowest BCUT2D eigenvalue weighted by Crippen LogP contribution is -2.46. The predicted molar refractivity (Wildman–Crippen MR) is 46.3 cm³/mol. The molecule has 0 aliphatic carbocycles. The van der Waals surface area contributed by atoms with Crippen molar-refractivity contribution in [2.24, 2.45) is 11.5 Å². The summed E-state index contributed by atoms with van der Waals surface area (Å²) in [5.74, 6) is -1.58. The summed E-state index contributed by atoms with van der Waals surface area (Å²) in [7, 11) is 0. The smallest absolute Gasteiger partial charge is 0.243 e. The molecule has 0 aliphatic heterocycles. The van der Waals surface area contributed by atoms with Gasteiger partial charge in [0.1, 0.15) is 6.04 Å². The lowest BCUT2D eigenvalue weighted by molar-refractivity contribution is -0.188. The second-order valence-electron chi connectivity index (χ2n) is 2.47. The maximum absolute atomic E-state index is 10.8. The molecule has 0 heterocycles. The topological polar surface area (TPSA) is 116 Å². The predicted octanol–water partition coefficient (Wildman–Crippen LogP) is -1.87. The van der Waals surface area contributed by atoms with E-state index >= 15 is 0 Å². The molecule has 0 saturated heterocycles. The lowest BCUT2D eigenvalue weighted by atomic mass is 10.2. The van der Waals surface area contributed by atoms with Crippen molar-refractivity contribution >= 4 is 18.2 Å². The van der Waals surface area contributed by atoms with Crippen LogP contribution in [0.3, 0.4) is 0 Å². The summed E-state index contributed by atoms with van der Waals surface area (Å²) in [5.41, 5.74) is 9.84. The quantitative estimate of drug-likeness (QED) is 0.372. The summed E-state index contributed by atoms with van der Waals surface area (Å²) in [6, 6.07) is -1.15. The van der Waals surface area contributed by atoms with Gasteiger partial charge in [0.25, 0.3) is 0 Å². The Labute approximate surface area is 80.9 Å². The van der Waals surface area contributed by atoms with Crippen molar-refractivity contribution in [3.63, 3.8) is 0 Å². The van der Waals surface area contributed by atoms with Crippen LogP contribution in [-0.4, -0.2) is 35.9 Å². The summed E-state index contributed by atoms with van der Waals surface area (Å²) in [5, 5.41) is 0.688. The lowest BCUT2D eigenvalue weighted by Gasteiger charge is -2.22. The normalized spacial score (nSPS) is 11.8. The van der Waals surface area contributed by atoms with Crippen molar-refractivity contribution in [2.75, 3.05) is 6.61 Å². The number of primary amides is 2. The molecule has 80 valence electrons. The molecular weight excluding hydrogens is 190 g/mol. The Morgan fingerprint density at radius 3 is 2.36 bits per heavy atom. The van der Waals surface area contributed by atoms with Gasteiger partial charge in [0.05, 0.1) is 13.0 Å². The van der Waals surface area contributed by atoms with Gasteiger partial charge in [0.2, 0.25) is 18.2 Å². The maximum atomic E-state index is 10.8. The van der Waals surface area contributed by atoms with E-state index in [4.69, 9.17) is 16.3 Å². The maximum Gasteiger partial charge on any atom is 0.243 e. The molecule has 0 radical (unpaired) electrons. The second-order valence-corrected chi connectivity index (χ2v) is 2.47. The minimum atomic E-state index is -1.15. The highest BCUT2D eigenvalue weighted by molar-refractivity contribution is 5.87. The molecule has 0 aromatic carbocycles. The number of hydrogen-bond donors (Lipinski definition) is 2. The van der Waals surface area contributed by atoms with Crippen LogP contribution >= 0.6 is 0 Å². The van der Waals surface area contributed by atoms with Gasteiger partial charge in [0, 0.05) is 0 Å². The summed E-state index contributed by atoms with van der Waals surface area (Å²) in [6.45, 7) is 1.81. The van der Waals surface area contributed by atoms with Crippen LogP contribution < -0.4 is 11.5 Å². The molecule has 0 aromatic heterocycles. The van der Waals surface area contributed by atoms with Crippen molar-refractivity contribution in [3.05, 3.63) is 0 Å². The molecule has 1 unspecified atom stereocenters. The molecule has 3 amide bonds. The first kappa shape index (κ1) is 12.4. The van der Waals surface area contributed by atoms with E-state index in [0.717, 1.165) is 0 Å². The fourth-order valence-electron chi connectivity index (χ4n) is 0.849. The zero-order valence-electron chi connectivity index (χ0n) is 7.80. The van der Waals surface area contributed by atoms with Gasteiger partial charge in [-0.05, 0) is 6.92 Å². The molecule has 14 heavy (non-hydrogen) atoms. The van der Waals surface area contributed by atoms with Crippen LogP contribution in [0.15, 0.2) is 0 Å². The van der Waals surface area contributed by atoms with E-state index < -0.39 is 17.9 Å². The third-order valence-corrected chi connectivity index (χ3v) is 1.41. The highest BCUT2D eigenvalue weighted by Gasteiger charge is 2.25. The van der Waals surface area contributed by atoms with Crippen LogP contribution in [-0.2, 0) is 19.2 Å². The van der Waals surface area contributed by atoms with E-state index in [-0.39, 0.29) is 19.4 Å². The summed E-state index contributed by atoms with van der Waals surface area (Å²) < 4.78 is 0. The average Bonchev–Trinajstić information content (AvgIpc) is 2.10. The first-order valence-corrected chi connectivity index (χ1v) is 3.97. The van der Waals surface area contributed by atoms with Crippen LogP contribution in [0.5, 0.6) is 0 Å². The van der Waals surface area contributed by atoms with Crippen LogP contribution in [0.1, 0.15) is 13.3 Å². The van der Waals surface area contributed by atoms with E-state index in [9.17, 15) is 14.4 Å². The van der Waals surface area contributed by atoms with Gasteiger partial charge in [-0.2, -0.15) is 0 Å². The Morgan fingerprint density at radius 1 is 1.50 bits per heavy atom. The Hall–Kier alpha value is -1.63. The molecule has 0 saturated carbocycles. The van der Waals surface area contributed by atoms with Gasteiger partial charge in [-0.3, -0.25) is 19.2 Å². The number of carbonyl (C=O) groups is 3. The zero-order valence-corrected chi connectivity index (χ0v) is 7.80. The summed E-state index contributed by atoms with van der Waals surface area (Å²) in [6.07, 6.45) is -0.0735. The van der Waals surface area contributed by atoms with Crippen LogP contribution in [0.25, 0.3) is 0 Å². The molecule has 4 N–H and O–H groups in total. The molecule has 0 spiro atoms. The van der Waals surface area contributed by atoms with Gasteiger partial charge >= 0.3 is 0 Å². The van der Waals surface area contributed by atoms with E-state index in [1.54, 1.807) is 6.92 Å². The fraction of sp³-hybridized carbons (Fsp3) is 0.571. The SMILES string of the molecule is CCON(C=O)C(CC(N)=O)C(N)=O. The number of rotatable bonds is 7. The Balaban J connectivity index is 4.50. The highest BCUT2D eigenvalue weighted by Crippen LogP contribution is 2.02. The largest absolute Gasteiger partial charge is 0.370 e. The molecule has 0 fully saturated rings. The molecule has 0 aromatic rings. The second kappa shape index (κ2) is 5.92. The minimum Gasteiger partial charge on any atom is -0.370 e. The Bertz CT molecular complexity index is 231. The van der Waals surface area contributed by atoms with Gasteiger partial charge in [-0.1, -0.05) is 0 Å². The van der Waals surface area contributed by atoms with E-state index in [1.165, 1.54) is 0 Å². The van der Waals surface area contributed by atoms with Crippen molar-refractivity contribution in [2.45, 2.75) is 19.4 Å². The Morgan fingerprint density at radius 2 is 2.07 bits per heavy atom. The average molecular weight is 203 g/mol. The number of carbonyl (C=O) groups excluding carboxylic acids is 3.